The first kappa shape index (κ1) is 27.8. The van der Waals surface area contributed by atoms with Gasteiger partial charge in [0, 0.05) is 24.7 Å². The van der Waals surface area contributed by atoms with Gasteiger partial charge in [-0.25, -0.2) is 4.99 Å². The number of amides is 2. The molecule has 2 aromatic rings. The zero-order chi connectivity index (χ0) is 27.5. The van der Waals surface area contributed by atoms with Crippen molar-refractivity contribution in [1.82, 2.24) is 10.6 Å². The van der Waals surface area contributed by atoms with E-state index in [-0.39, 0.29) is 5.91 Å². The van der Waals surface area contributed by atoms with Crippen LogP contribution in [-0.2, 0) is 15.8 Å². The van der Waals surface area contributed by atoms with Crippen LogP contribution in [0.25, 0.3) is 0 Å². The average molecular weight is 529 g/mol. The summed E-state index contributed by atoms with van der Waals surface area (Å²) in [5.41, 5.74) is 0.560. The van der Waals surface area contributed by atoms with Gasteiger partial charge in [-0.2, -0.15) is 13.2 Å². The van der Waals surface area contributed by atoms with Gasteiger partial charge in [0.15, 0.2) is 0 Å². The number of likely N-dealkylation sites (N-methyl/N-ethyl adjacent to an activating group) is 1. The van der Waals surface area contributed by atoms with E-state index in [2.05, 4.69) is 29.5 Å². The molecule has 0 unspecified atom stereocenters. The Morgan fingerprint density at radius 3 is 2.39 bits per heavy atom. The molecule has 1 aliphatic heterocycles. The molecular weight excluding hydrogens is 493 g/mol. The van der Waals surface area contributed by atoms with Crippen LogP contribution in [0.4, 0.5) is 18.9 Å². The van der Waals surface area contributed by atoms with Crippen molar-refractivity contribution >= 4 is 23.2 Å². The number of aliphatic imine (C=N–C) groups is 1. The Balaban J connectivity index is 1.66. The van der Waals surface area contributed by atoms with E-state index in [9.17, 15) is 22.8 Å². The Morgan fingerprint density at radius 1 is 1.11 bits per heavy atom. The Morgan fingerprint density at radius 2 is 1.76 bits per heavy atom. The van der Waals surface area contributed by atoms with Crippen molar-refractivity contribution in [1.29, 1.82) is 0 Å². The van der Waals surface area contributed by atoms with Crippen molar-refractivity contribution < 1.29 is 22.8 Å². The van der Waals surface area contributed by atoms with Crippen molar-refractivity contribution in [2.24, 2.45) is 16.3 Å². The molecule has 1 atom stereocenters. The molecule has 9 heteroatoms. The third kappa shape index (κ3) is 5.93. The Bertz CT molecular complexity index is 1190. The van der Waals surface area contributed by atoms with E-state index in [1.54, 1.807) is 31.3 Å². The molecule has 2 aromatic carbocycles. The third-order valence-corrected chi connectivity index (χ3v) is 7.50. The van der Waals surface area contributed by atoms with E-state index in [1.165, 1.54) is 17.0 Å². The van der Waals surface area contributed by atoms with E-state index in [4.69, 9.17) is 0 Å². The van der Waals surface area contributed by atoms with Crippen molar-refractivity contribution in [3.05, 3.63) is 65.2 Å². The van der Waals surface area contributed by atoms with Crippen LogP contribution in [0.3, 0.4) is 0 Å². The van der Waals surface area contributed by atoms with Gasteiger partial charge in [0.25, 0.3) is 5.91 Å². The smallest absolute Gasteiger partial charge is 0.326 e. The lowest BCUT2D eigenvalue weighted by Crippen LogP contribution is -2.53. The lowest BCUT2D eigenvalue weighted by Gasteiger charge is -2.30. The maximum Gasteiger partial charge on any atom is 0.416 e. The second-order valence-corrected chi connectivity index (χ2v) is 10.7. The lowest BCUT2D eigenvalue weighted by molar-refractivity contribution is -0.137. The number of para-hydroxylation sites is 1. The summed E-state index contributed by atoms with van der Waals surface area (Å²) < 4.78 is 39.5. The van der Waals surface area contributed by atoms with Gasteiger partial charge < -0.3 is 15.5 Å². The second-order valence-electron chi connectivity index (χ2n) is 10.7. The summed E-state index contributed by atoms with van der Waals surface area (Å²) in [6.07, 6.45) is -1.35. The molecule has 4 rings (SSSR count). The number of alkyl halides is 3. The fourth-order valence-corrected chi connectivity index (χ4v) is 5.20. The van der Waals surface area contributed by atoms with Gasteiger partial charge in [-0.1, -0.05) is 57.0 Å². The number of carbonyl (C=O) groups excluding carboxylic acids is 2. The topological polar surface area (TPSA) is 73.8 Å². The highest BCUT2D eigenvalue weighted by molar-refractivity contribution is 6.20. The first-order valence-corrected chi connectivity index (χ1v) is 13.2. The van der Waals surface area contributed by atoms with E-state index in [1.807, 2.05) is 0 Å². The van der Waals surface area contributed by atoms with Crippen molar-refractivity contribution in [3.8, 4) is 0 Å². The molecule has 6 nitrogen and oxygen atoms in total. The van der Waals surface area contributed by atoms with Gasteiger partial charge in [0.2, 0.25) is 12.1 Å². The largest absolute Gasteiger partial charge is 0.416 e. The molecule has 1 heterocycles. The number of hydrogen-bond acceptors (Lipinski definition) is 4. The summed E-state index contributed by atoms with van der Waals surface area (Å²) >= 11 is 0. The van der Waals surface area contributed by atoms with Crippen molar-refractivity contribution in [2.75, 3.05) is 25.0 Å². The maximum absolute atomic E-state index is 13.7. The molecule has 0 radical (unpaired) electrons. The van der Waals surface area contributed by atoms with Gasteiger partial charge in [0.05, 0.1) is 22.4 Å². The number of halogens is 3. The number of carbonyl (C=O) groups is 2. The molecule has 0 bridgehead atoms. The molecule has 38 heavy (non-hydrogen) atoms. The predicted octanol–water partition coefficient (Wildman–Crippen LogP) is 5.16. The molecule has 0 saturated heterocycles. The summed E-state index contributed by atoms with van der Waals surface area (Å²) in [4.78, 5) is 33.3. The van der Waals surface area contributed by atoms with Crippen molar-refractivity contribution in [2.45, 2.75) is 58.3 Å². The minimum atomic E-state index is -4.47. The standard InChI is InChI=1S/C29H35F3N4O2/c1-19(2)14-17-33-18-28(15-6-7-16-28)27(38)35-25-26(37)36(3)23-9-5-4-8-22(23)24(34-25)20-10-12-21(13-11-20)29(30,31)32/h4-5,8-13,19,25,33H,6-7,14-18H2,1-3H3,(H,35,38)/t25-/m1/s1. The summed E-state index contributed by atoms with van der Waals surface area (Å²) in [6.45, 7) is 5.64. The molecule has 2 amide bonds. The van der Waals surface area contributed by atoms with Crippen LogP contribution >= 0.6 is 0 Å². The van der Waals surface area contributed by atoms with E-state index >= 15 is 0 Å². The van der Waals surface area contributed by atoms with Gasteiger partial charge in [-0.05, 0) is 49.9 Å². The minimum absolute atomic E-state index is 0.222. The normalized spacial score (nSPS) is 19.2. The number of rotatable bonds is 8. The molecule has 204 valence electrons. The fraction of sp³-hybridized carbons (Fsp3) is 0.483. The quantitative estimate of drug-likeness (QED) is 0.465. The first-order valence-electron chi connectivity index (χ1n) is 13.2. The number of benzene rings is 2. The average Bonchev–Trinajstić information content (AvgIpc) is 3.34. The van der Waals surface area contributed by atoms with Crippen LogP contribution in [0.1, 0.15) is 62.6 Å². The van der Waals surface area contributed by atoms with Crippen LogP contribution in [0.15, 0.2) is 53.5 Å². The second kappa shape index (κ2) is 11.3. The van der Waals surface area contributed by atoms with E-state index in [0.29, 0.717) is 35.0 Å². The van der Waals surface area contributed by atoms with Crippen LogP contribution in [0.2, 0.25) is 0 Å². The molecule has 1 aliphatic carbocycles. The Hall–Kier alpha value is -3.20. The SMILES string of the molecule is CC(C)CCNCC1(C(=O)N[C@H]2N=C(c3ccc(C(F)(F)F)cc3)c3ccccc3N(C)C2=O)CCCC1. The summed E-state index contributed by atoms with van der Waals surface area (Å²) in [5, 5.41) is 6.34. The van der Waals surface area contributed by atoms with Crippen LogP contribution in [0.5, 0.6) is 0 Å². The molecule has 1 fully saturated rings. The number of nitrogens with zero attached hydrogens (tertiary/aromatic N) is 2. The Kier molecular flexibility index (Phi) is 8.25. The predicted molar refractivity (Wildman–Crippen MR) is 142 cm³/mol. The lowest BCUT2D eigenvalue weighted by atomic mass is 9.84. The van der Waals surface area contributed by atoms with Crippen LogP contribution in [-0.4, -0.2) is 43.8 Å². The highest BCUT2D eigenvalue weighted by atomic mass is 19.4. The zero-order valence-electron chi connectivity index (χ0n) is 22.1. The molecule has 0 spiro atoms. The number of fused-ring (bicyclic) bond motifs is 1. The molecule has 0 aromatic heterocycles. The number of benzodiazepines with no additional fused rings is 1. The monoisotopic (exact) mass is 528 g/mol. The van der Waals surface area contributed by atoms with Crippen molar-refractivity contribution in [3.63, 3.8) is 0 Å². The highest BCUT2D eigenvalue weighted by Crippen LogP contribution is 2.38. The summed E-state index contributed by atoms with van der Waals surface area (Å²) in [6, 6.07) is 11.8. The van der Waals surface area contributed by atoms with Gasteiger partial charge in [-0.3, -0.25) is 9.59 Å². The van der Waals surface area contributed by atoms with E-state index < -0.39 is 29.2 Å². The molecule has 2 aliphatic rings. The zero-order valence-corrected chi connectivity index (χ0v) is 22.1. The molecule has 2 N–H and O–H groups in total. The van der Waals surface area contributed by atoms with Gasteiger partial charge in [0.1, 0.15) is 0 Å². The van der Waals surface area contributed by atoms with Gasteiger partial charge >= 0.3 is 6.18 Å². The number of nitrogens with one attached hydrogen (secondary N) is 2. The van der Waals surface area contributed by atoms with E-state index in [0.717, 1.165) is 50.8 Å². The number of hydrogen-bond donors (Lipinski definition) is 2. The third-order valence-electron chi connectivity index (χ3n) is 7.50. The summed E-state index contributed by atoms with van der Waals surface area (Å²) in [5.74, 6) is -0.0801. The van der Waals surface area contributed by atoms with Gasteiger partial charge in [-0.15, -0.1) is 0 Å². The molecular formula is C29H35F3N4O2. The minimum Gasteiger partial charge on any atom is -0.326 e. The number of anilines is 1. The first-order chi connectivity index (χ1) is 18.0. The highest BCUT2D eigenvalue weighted by Gasteiger charge is 2.43. The van der Waals surface area contributed by atoms with Crippen LogP contribution in [0, 0.1) is 11.3 Å². The van der Waals surface area contributed by atoms with Crippen LogP contribution < -0.4 is 15.5 Å². The maximum atomic E-state index is 13.7. The Labute approximate surface area is 221 Å². The molecule has 1 saturated carbocycles. The summed E-state index contributed by atoms with van der Waals surface area (Å²) in [7, 11) is 1.62. The fourth-order valence-electron chi connectivity index (χ4n) is 5.20.